The van der Waals surface area contributed by atoms with E-state index < -0.39 is 12.0 Å². The van der Waals surface area contributed by atoms with Gasteiger partial charge in [-0.15, -0.1) is 0 Å². The van der Waals surface area contributed by atoms with Crippen molar-refractivity contribution in [3.63, 3.8) is 0 Å². The third kappa shape index (κ3) is 2.14. The Hall–Kier alpha value is -1.66. The molecule has 6 heteroatoms. The second kappa shape index (κ2) is 5.03. The second-order valence-electron chi connectivity index (χ2n) is 4.90. The number of benzene rings is 1. The van der Waals surface area contributed by atoms with Crippen LogP contribution < -0.4 is 5.32 Å². The fourth-order valence-electron chi connectivity index (χ4n) is 2.60. The van der Waals surface area contributed by atoms with Gasteiger partial charge in [0.1, 0.15) is 6.04 Å². The number of fused-ring (bicyclic) bond motifs is 1. The van der Waals surface area contributed by atoms with Gasteiger partial charge in [0.05, 0.1) is 18.1 Å². The maximum absolute atomic E-state index is 11.4. The lowest BCUT2D eigenvalue weighted by Crippen LogP contribution is -2.45. The van der Waals surface area contributed by atoms with Crippen molar-refractivity contribution in [3.8, 4) is 0 Å². The standard InChI is InChI=1S/C14H14BrN3O2/c1-18-7-16-13-11(18)6-10(14(19)20)17-12(13)8-4-2-3-5-9(8)15/h2-5,7,10,12,17H,6H2,1H3,(H,19,20). The van der Waals surface area contributed by atoms with Crippen LogP contribution in [0.3, 0.4) is 0 Å². The van der Waals surface area contributed by atoms with E-state index >= 15 is 0 Å². The molecule has 2 heterocycles. The summed E-state index contributed by atoms with van der Waals surface area (Å²) in [4.78, 5) is 15.8. The number of imidazole rings is 1. The second-order valence-corrected chi connectivity index (χ2v) is 5.76. The zero-order valence-corrected chi connectivity index (χ0v) is 12.5. The highest BCUT2D eigenvalue weighted by Gasteiger charge is 2.34. The van der Waals surface area contributed by atoms with Crippen LogP contribution in [0, 0.1) is 0 Å². The Balaban J connectivity index is 2.10. The first kappa shape index (κ1) is 13.3. The normalized spacial score (nSPS) is 21.5. The molecule has 0 radical (unpaired) electrons. The Morgan fingerprint density at radius 3 is 2.95 bits per heavy atom. The van der Waals surface area contributed by atoms with E-state index in [4.69, 9.17) is 0 Å². The summed E-state index contributed by atoms with van der Waals surface area (Å²) in [5.74, 6) is -0.839. The first-order chi connectivity index (χ1) is 9.58. The van der Waals surface area contributed by atoms with Crippen molar-refractivity contribution in [2.24, 2.45) is 7.05 Å². The van der Waals surface area contributed by atoms with Crippen molar-refractivity contribution < 1.29 is 9.90 Å². The van der Waals surface area contributed by atoms with Gasteiger partial charge in [-0.05, 0) is 11.6 Å². The average Bonchev–Trinajstić information content (AvgIpc) is 2.80. The smallest absolute Gasteiger partial charge is 0.321 e. The molecule has 1 aromatic heterocycles. The molecule has 5 nitrogen and oxygen atoms in total. The molecule has 0 spiro atoms. The third-order valence-corrected chi connectivity index (χ3v) is 4.37. The number of rotatable bonds is 2. The van der Waals surface area contributed by atoms with Crippen molar-refractivity contribution in [2.75, 3.05) is 0 Å². The monoisotopic (exact) mass is 335 g/mol. The molecule has 0 fully saturated rings. The molecule has 0 saturated carbocycles. The molecule has 0 amide bonds. The van der Waals surface area contributed by atoms with Crippen LogP contribution in [0.2, 0.25) is 0 Å². The summed E-state index contributed by atoms with van der Waals surface area (Å²) in [6.07, 6.45) is 2.18. The quantitative estimate of drug-likeness (QED) is 0.879. The molecule has 0 bridgehead atoms. The van der Waals surface area contributed by atoms with Crippen molar-refractivity contribution >= 4 is 21.9 Å². The number of aliphatic carboxylic acids is 1. The number of carboxylic acid groups (broad SMARTS) is 1. The lowest BCUT2D eigenvalue weighted by atomic mass is 9.94. The molecule has 0 aliphatic carbocycles. The van der Waals surface area contributed by atoms with Crippen molar-refractivity contribution in [3.05, 3.63) is 52.0 Å². The van der Waals surface area contributed by atoms with E-state index in [9.17, 15) is 9.90 Å². The maximum Gasteiger partial charge on any atom is 0.321 e. The summed E-state index contributed by atoms with van der Waals surface area (Å²) < 4.78 is 2.84. The predicted octanol–water partition coefficient (Wildman–Crippen LogP) is 1.87. The first-order valence-corrected chi connectivity index (χ1v) is 7.10. The molecule has 3 rings (SSSR count). The van der Waals surface area contributed by atoms with E-state index in [1.54, 1.807) is 6.33 Å². The Morgan fingerprint density at radius 1 is 1.50 bits per heavy atom. The predicted molar refractivity (Wildman–Crippen MR) is 77.5 cm³/mol. The van der Waals surface area contributed by atoms with E-state index in [2.05, 4.69) is 26.2 Å². The Morgan fingerprint density at radius 2 is 2.25 bits per heavy atom. The summed E-state index contributed by atoms with van der Waals surface area (Å²) in [5.41, 5.74) is 2.87. The highest BCUT2D eigenvalue weighted by atomic mass is 79.9. The van der Waals surface area contributed by atoms with Crippen LogP contribution in [-0.4, -0.2) is 26.7 Å². The minimum atomic E-state index is -0.839. The lowest BCUT2D eigenvalue weighted by Gasteiger charge is -2.29. The number of nitrogens with zero attached hydrogens (tertiary/aromatic N) is 2. The van der Waals surface area contributed by atoms with Gasteiger partial charge in [0, 0.05) is 23.6 Å². The van der Waals surface area contributed by atoms with E-state index in [-0.39, 0.29) is 6.04 Å². The van der Waals surface area contributed by atoms with Crippen LogP contribution in [0.1, 0.15) is 23.0 Å². The van der Waals surface area contributed by atoms with Crippen molar-refractivity contribution in [2.45, 2.75) is 18.5 Å². The minimum absolute atomic E-state index is 0.211. The number of halogens is 1. The van der Waals surface area contributed by atoms with Gasteiger partial charge in [-0.1, -0.05) is 34.1 Å². The molecule has 1 aromatic carbocycles. The van der Waals surface area contributed by atoms with E-state index in [0.717, 1.165) is 21.4 Å². The van der Waals surface area contributed by atoms with Gasteiger partial charge < -0.3 is 9.67 Å². The molecule has 2 atom stereocenters. The molecule has 2 aromatic rings. The highest BCUT2D eigenvalue weighted by Crippen LogP contribution is 2.33. The van der Waals surface area contributed by atoms with Gasteiger partial charge in [0.2, 0.25) is 0 Å². The van der Waals surface area contributed by atoms with E-state index in [0.29, 0.717) is 6.42 Å². The van der Waals surface area contributed by atoms with Crippen LogP contribution in [0.15, 0.2) is 35.1 Å². The third-order valence-electron chi connectivity index (χ3n) is 3.64. The number of carboxylic acids is 1. The number of aryl methyl sites for hydroxylation is 1. The molecule has 2 N–H and O–H groups in total. The molecule has 1 aliphatic heterocycles. The summed E-state index contributed by atoms with van der Waals surface area (Å²) >= 11 is 3.53. The Labute approximate surface area is 124 Å². The summed E-state index contributed by atoms with van der Waals surface area (Å²) in [6, 6.07) is 6.99. The molecule has 1 aliphatic rings. The highest BCUT2D eigenvalue weighted by molar-refractivity contribution is 9.10. The topological polar surface area (TPSA) is 67.2 Å². The molecule has 104 valence electrons. The number of hydrogen-bond acceptors (Lipinski definition) is 3. The first-order valence-electron chi connectivity index (χ1n) is 6.31. The zero-order valence-electron chi connectivity index (χ0n) is 10.9. The van der Waals surface area contributed by atoms with Gasteiger partial charge in [-0.2, -0.15) is 0 Å². The fourth-order valence-corrected chi connectivity index (χ4v) is 3.11. The van der Waals surface area contributed by atoms with E-state index in [1.807, 2.05) is 35.9 Å². The summed E-state index contributed by atoms with van der Waals surface area (Å²) in [5, 5.41) is 12.5. The number of carbonyl (C=O) groups is 1. The minimum Gasteiger partial charge on any atom is -0.480 e. The summed E-state index contributed by atoms with van der Waals surface area (Å²) in [7, 11) is 1.90. The Bertz CT molecular complexity index is 668. The van der Waals surface area contributed by atoms with Gasteiger partial charge in [-0.25, -0.2) is 4.98 Å². The number of nitrogens with one attached hydrogen (secondary N) is 1. The van der Waals surface area contributed by atoms with Crippen LogP contribution in [0.4, 0.5) is 0 Å². The van der Waals surface area contributed by atoms with Crippen molar-refractivity contribution in [1.29, 1.82) is 0 Å². The van der Waals surface area contributed by atoms with Crippen LogP contribution in [0.5, 0.6) is 0 Å². The van der Waals surface area contributed by atoms with Gasteiger partial charge >= 0.3 is 5.97 Å². The van der Waals surface area contributed by atoms with Crippen molar-refractivity contribution in [1.82, 2.24) is 14.9 Å². The fraction of sp³-hybridized carbons (Fsp3) is 0.286. The Kier molecular flexibility index (Phi) is 3.35. The molecule has 2 unspecified atom stereocenters. The lowest BCUT2D eigenvalue weighted by molar-refractivity contribution is -0.139. The average molecular weight is 336 g/mol. The van der Waals surface area contributed by atoms with Crippen LogP contribution in [-0.2, 0) is 18.3 Å². The molecule has 0 saturated heterocycles. The number of hydrogen-bond donors (Lipinski definition) is 2. The SMILES string of the molecule is Cn1cnc2c1CC(C(=O)O)NC2c1ccccc1Br. The largest absolute Gasteiger partial charge is 0.480 e. The zero-order chi connectivity index (χ0) is 14.3. The molecular formula is C14H14BrN3O2. The van der Waals surface area contributed by atoms with E-state index in [1.165, 1.54) is 0 Å². The molecule has 20 heavy (non-hydrogen) atoms. The summed E-state index contributed by atoms with van der Waals surface area (Å²) in [6.45, 7) is 0. The van der Waals surface area contributed by atoms with Gasteiger partial charge in [-0.3, -0.25) is 10.1 Å². The van der Waals surface area contributed by atoms with Gasteiger partial charge in [0.25, 0.3) is 0 Å². The maximum atomic E-state index is 11.4. The van der Waals surface area contributed by atoms with Crippen LogP contribution in [0.25, 0.3) is 0 Å². The molecular weight excluding hydrogens is 322 g/mol. The van der Waals surface area contributed by atoms with Crippen LogP contribution >= 0.6 is 15.9 Å². The number of aromatic nitrogens is 2. The van der Waals surface area contributed by atoms with Gasteiger partial charge in [0.15, 0.2) is 0 Å².